The normalized spacial score (nSPS) is 11.7. The first kappa shape index (κ1) is 24.8. The second-order valence-corrected chi connectivity index (χ2v) is 7.47. The summed E-state index contributed by atoms with van der Waals surface area (Å²) in [5, 5.41) is 10.3. The molecule has 0 aliphatic rings. The monoisotopic (exact) mass is 431 g/mol. The van der Waals surface area contributed by atoms with Crippen LogP contribution in [0, 0.1) is 5.41 Å². The number of aldehydes is 1. The van der Waals surface area contributed by atoms with E-state index in [1.54, 1.807) is 38.1 Å². The summed E-state index contributed by atoms with van der Waals surface area (Å²) >= 11 is 0. The summed E-state index contributed by atoms with van der Waals surface area (Å²) in [6.07, 6.45) is -3.77. The maximum Gasteiger partial charge on any atom is 0.423 e. The molecule has 29 heavy (non-hydrogen) atoms. The molecule has 0 unspecified atom stereocenters. The van der Waals surface area contributed by atoms with Gasteiger partial charge in [0.25, 0.3) is 0 Å². The van der Waals surface area contributed by atoms with Crippen LogP contribution in [-0.2, 0) is 30.5 Å². The van der Waals surface area contributed by atoms with Crippen LogP contribution in [0.4, 0.5) is 13.2 Å². The lowest BCUT2D eigenvalue weighted by molar-refractivity contribution is -0.140. The Hall–Kier alpha value is -2.25. The third-order valence-corrected chi connectivity index (χ3v) is 4.46. The zero-order valence-corrected chi connectivity index (χ0v) is 17.1. The van der Waals surface area contributed by atoms with Crippen molar-refractivity contribution in [2.24, 2.45) is 11.1 Å². The fraction of sp³-hybridized carbons (Fsp3) is 0.381. The molecule has 2 aromatic rings. The molecule has 0 saturated carbocycles. The Morgan fingerprint density at radius 2 is 1.66 bits per heavy atom. The lowest BCUT2D eigenvalue weighted by Gasteiger charge is -2.24. The molecule has 0 saturated heterocycles. The zero-order chi connectivity index (χ0) is 20.9. The van der Waals surface area contributed by atoms with Crippen LogP contribution in [-0.4, -0.2) is 11.4 Å². The number of rotatable bonds is 8. The molecule has 0 radical (unpaired) electrons. The first-order chi connectivity index (χ1) is 13.1. The van der Waals surface area contributed by atoms with Crippen LogP contribution in [0.3, 0.4) is 0 Å². The summed E-state index contributed by atoms with van der Waals surface area (Å²) in [5.74, 6) is -1.30. The van der Waals surface area contributed by atoms with Gasteiger partial charge in [0.2, 0.25) is 0 Å². The molecule has 0 spiro atoms. The Kier molecular flexibility index (Phi) is 8.53. The minimum atomic E-state index is -4.78. The molecule has 0 fully saturated rings. The van der Waals surface area contributed by atoms with Gasteiger partial charge in [0, 0.05) is 13.0 Å². The Labute approximate surface area is 174 Å². The van der Waals surface area contributed by atoms with Crippen molar-refractivity contribution in [3.63, 3.8) is 0 Å². The van der Waals surface area contributed by atoms with E-state index in [0.29, 0.717) is 12.1 Å². The zero-order valence-electron chi connectivity index (χ0n) is 16.3. The van der Waals surface area contributed by atoms with Crippen molar-refractivity contribution in [3.8, 4) is 11.5 Å². The van der Waals surface area contributed by atoms with Crippen molar-refractivity contribution in [2.75, 3.05) is 0 Å². The van der Waals surface area contributed by atoms with E-state index in [2.05, 4.69) is 0 Å². The summed E-state index contributed by atoms with van der Waals surface area (Å²) in [5.41, 5.74) is 5.45. The maximum atomic E-state index is 13.6. The number of ether oxygens (including phenoxy) is 1. The second kappa shape index (κ2) is 9.98. The van der Waals surface area contributed by atoms with Crippen molar-refractivity contribution in [2.45, 2.75) is 46.0 Å². The van der Waals surface area contributed by atoms with Crippen LogP contribution in [0.1, 0.15) is 42.5 Å². The summed E-state index contributed by atoms with van der Waals surface area (Å²) in [6.45, 7) is 3.80. The van der Waals surface area contributed by atoms with Crippen molar-refractivity contribution < 1.29 is 27.8 Å². The Morgan fingerprint density at radius 3 is 2.17 bits per heavy atom. The number of phenolic OH excluding ortho intramolecular Hbond substituents is 1. The van der Waals surface area contributed by atoms with Crippen LogP contribution < -0.4 is 10.5 Å². The van der Waals surface area contributed by atoms with Crippen molar-refractivity contribution in [3.05, 3.63) is 58.7 Å². The molecule has 0 aromatic heterocycles. The number of alkyl halides is 3. The molecular weight excluding hydrogens is 407 g/mol. The molecular formula is C21H25ClF3NO3. The molecule has 3 N–H and O–H groups in total. The highest BCUT2D eigenvalue weighted by Crippen LogP contribution is 2.45. The molecule has 160 valence electrons. The number of benzene rings is 2. The number of phenols is 1. The van der Waals surface area contributed by atoms with Crippen molar-refractivity contribution in [1.29, 1.82) is 0 Å². The van der Waals surface area contributed by atoms with Crippen LogP contribution in [0.25, 0.3) is 0 Å². The Balaban J connectivity index is 0.00000420. The summed E-state index contributed by atoms with van der Waals surface area (Å²) < 4.78 is 46.1. The fourth-order valence-corrected chi connectivity index (χ4v) is 2.90. The molecule has 0 aliphatic heterocycles. The Morgan fingerprint density at radius 1 is 1.07 bits per heavy atom. The topological polar surface area (TPSA) is 72.5 Å². The van der Waals surface area contributed by atoms with E-state index < -0.39 is 28.7 Å². The molecule has 0 amide bonds. The van der Waals surface area contributed by atoms with Gasteiger partial charge in [-0.05, 0) is 34.6 Å². The lowest BCUT2D eigenvalue weighted by atomic mass is 9.82. The van der Waals surface area contributed by atoms with Crippen molar-refractivity contribution >= 4 is 18.7 Å². The number of nitrogens with two attached hydrogens (primary N) is 1. The van der Waals surface area contributed by atoms with Gasteiger partial charge in [-0.1, -0.05) is 44.2 Å². The highest BCUT2D eigenvalue weighted by atomic mass is 35.5. The molecule has 0 atom stereocenters. The summed E-state index contributed by atoms with van der Waals surface area (Å²) in [6, 6.07) is 9.63. The molecule has 0 heterocycles. The first-order valence-corrected chi connectivity index (χ1v) is 8.84. The van der Waals surface area contributed by atoms with Gasteiger partial charge in [-0.2, -0.15) is 13.2 Å². The number of hydrogen-bond donors (Lipinski definition) is 2. The van der Waals surface area contributed by atoms with Gasteiger partial charge in [-0.3, -0.25) is 0 Å². The smallest absolute Gasteiger partial charge is 0.423 e. The molecule has 0 aliphatic carbocycles. The lowest BCUT2D eigenvalue weighted by Crippen LogP contribution is -2.17. The minimum absolute atomic E-state index is 0. The van der Waals surface area contributed by atoms with Gasteiger partial charge in [-0.25, -0.2) is 0 Å². The van der Waals surface area contributed by atoms with E-state index in [4.69, 9.17) is 10.5 Å². The third-order valence-electron chi connectivity index (χ3n) is 4.46. The molecule has 2 aromatic carbocycles. The second-order valence-electron chi connectivity index (χ2n) is 7.47. The van der Waals surface area contributed by atoms with E-state index in [0.717, 1.165) is 11.8 Å². The molecule has 4 nitrogen and oxygen atoms in total. The quantitative estimate of drug-likeness (QED) is 0.575. The molecule has 0 bridgehead atoms. The van der Waals surface area contributed by atoms with E-state index in [9.17, 15) is 23.1 Å². The third kappa shape index (κ3) is 6.65. The van der Waals surface area contributed by atoms with Gasteiger partial charge in [0.1, 0.15) is 30.0 Å². The largest absolute Gasteiger partial charge is 0.507 e. The van der Waals surface area contributed by atoms with E-state index in [-0.39, 0.29) is 37.4 Å². The number of carbonyl (C=O) groups excluding carboxylic acids is 1. The maximum absolute atomic E-state index is 13.6. The molecule has 2 rings (SSSR count). The summed E-state index contributed by atoms with van der Waals surface area (Å²) in [7, 11) is 0. The highest BCUT2D eigenvalue weighted by molar-refractivity contribution is 5.85. The van der Waals surface area contributed by atoms with Gasteiger partial charge in [0.15, 0.2) is 0 Å². The van der Waals surface area contributed by atoms with Crippen molar-refractivity contribution in [1.82, 2.24) is 0 Å². The minimum Gasteiger partial charge on any atom is -0.507 e. The van der Waals surface area contributed by atoms with E-state index >= 15 is 0 Å². The highest BCUT2D eigenvalue weighted by Gasteiger charge is 2.39. The van der Waals surface area contributed by atoms with Gasteiger partial charge < -0.3 is 20.4 Å². The predicted molar refractivity (Wildman–Crippen MR) is 107 cm³/mol. The number of halogens is 4. The Bertz CT molecular complexity index is 821. The summed E-state index contributed by atoms with van der Waals surface area (Å²) in [4.78, 5) is 10.8. The number of aromatic hydroxyl groups is 1. The van der Waals surface area contributed by atoms with Crippen LogP contribution in [0.5, 0.6) is 11.5 Å². The van der Waals surface area contributed by atoms with E-state index in [1.165, 1.54) is 12.1 Å². The molecule has 8 heteroatoms. The van der Waals surface area contributed by atoms with E-state index in [1.807, 2.05) is 0 Å². The van der Waals surface area contributed by atoms with Crippen LogP contribution >= 0.6 is 12.4 Å². The van der Waals surface area contributed by atoms with Crippen LogP contribution in [0.15, 0.2) is 36.4 Å². The van der Waals surface area contributed by atoms with Gasteiger partial charge >= 0.3 is 6.18 Å². The van der Waals surface area contributed by atoms with Crippen LogP contribution in [0.2, 0.25) is 0 Å². The van der Waals surface area contributed by atoms with Gasteiger partial charge in [-0.15, -0.1) is 12.4 Å². The SMILES string of the molecule is CC(C)(CC=O)Cc1ccc(OCc2ccc(CN)cc2)c(C(F)(F)F)c1O.Cl. The first-order valence-electron chi connectivity index (χ1n) is 8.84. The number of hydrogen-bond acceptors (Lipinski definition) is 4. The van der Waals surface area contributed by atoms with Gasteiger partial charge in [0.05, 0.1) is 0 Å². The standard InChI is InChI=1S/C21H24F3NO3.ClH/c1-20(2,9-10-26)11-16-7-8-17(18(19(16)27)21(22,23)24)28-13-15-5-3-14(12-25)4-6-15;/h3-8,10,27H,9,11-13,25H2,1-2H3;1H. The predicted octanol–water partition coefficient (Wildman–Crippen LogP) is 5.03. The average Bonchev–Trinajstić information content (AvgIpc) is 2.61. The average molecular weight is 432 g/mol. The number of carbonyl (C=O) groups is 1. The fourth-order valence-electron chi connectivity index (χ4n) is 2.90.